The second kappa shape index (κ2) is 2.13. The van der Waals surface area contributed by atoms with Gasteiger partial charge >= 0.3 is 0 Å². The number of aromatic nitrogens is 4. The fourth-order valence-electron chi connectivity index (χ4n) is 0.267. The molecule has 0 saturated carbocycles. The van der Waals surface area contributed by atoms with E-state index in [1.807, 2.05) is 0 Å². The minimum Gasteiger partial charge on any atom is -0.131 e. The zero-order valence-corrected chi connectivity index (χ0v) is 5.75. The Morgan fingerprint density at radius 3 is 2.00 bits per heavy atom. The van der Waals surface area contributed by atoms with Crippen molar-refractivity contribution < 1.29 is 0 Å². The molecule has 0 bridgehead atoms. The van der Waals surface area contributed by atoms with Gasteiger partial charge < -0.3 is 0 Å². The number of aryl methyl sites for hydroxylation is 1. The molecule has 0 N–H and O–H groups in total. The summed E-state index contributed by atoms with van der Waals surface area (Å²) in [5, 5.41) is 14.4. The summed E-state index contributed by atoms with van der Waals surface area (Å²) in [4.78, 5) is 0. The first-order chi connectivity index (χ1) is 3.79. The normalized spacial score (nSPS) is 9.25. The van der Waals surface area contributed by atoms with Crippen molar-refractivity contribution in [1.29, 1.82) is 0 Å². The van der Waals surface area contributed by atoms with Crippen LogP contribution in [0.4, 0.5) is 0 Å². The topological polar surface area (TPSA) is 51.6 Å². The minimum absolute atomic E-state index is 0.420. The highest BCUT2D eigenvalue weighted by Gasteiger charge is 1.88. The first-order valence-electron chi connectivity index (χ1n) is 1.98. The Hall–Kier alpha value is -0.580. The molecule has 0 unspecified atom stereocenters. The average Bonchev–Trinajstić information content (AvgIpc) is 1.77. The lowest BCUT2D eigenvalue weighted by Crippen LogP contribution is -1.94. The van der Waals surface area contributed by atoms with Crippen molar-refractivity contribution in [3.8, 4) is 0 Å². The Morgan fingerprint density at radius 1 is 1.12 bits per heavy atom. The molecule has 0 aliphatic carbocycles. The van der Waals surface area contributed by atoms with Crippen LogP contribution in [0.3, 0.4) is 0 Å². The van der Waals surface area contributed by atoms with E-state index in [9.17, 15) is 0 Å². The minimum atomic E-state index is 0.420. The van der Waals surface area contributed by atoms with Crippen LogP contribution in [0.5, 0.6) is 0 Å². The van der Waals surface area contributed by atoms with Gasteiger partial charge in [0, 0.05) is 0 Å². The standard InChI is InChI=1S/C3H3BrN4/c1-2-5-7-3(4)8-6-2/h1H3. The van der Waals surface area contributed by atoms with Crippen molar-refractivity contribution in [2.75, 3.05) is 0 Å². The summed E-state index contributed by atoms with van der Waals surface area (Å²) in [6, 6.07) is 0. The van der Waals surface area contributed by atoms with Crippen molar-refractivity contribution in [3.63, 3.8) is 0 Å². The Morgan fingerprint density at radius 2 is 1.62 bits per heavy atom. The van der Waals surface area contributed by atoms with Gasteiger partial charge in [0.25, 0.3) is 0 Å². The Labute approximate surface area is 54.5 Å². The van der Waals surface area contributed by atoms with E-state index in [1.54, 1.807) is 6.92 Å². The molecule has 0 amide bonds. The first-order valence-corrected chi connectivity index (χ1v) is 2.78. The summed E-state index contributed by atoms with van der Waals surface area (Å²) in [6.07, 6.45) is 0. The van der Waals surface area contributed by atoms with Gasteiger partial charge in [0.05, 0.1) is 0 Å². The van der Waals surface area contributed by atoms with Gasteiger partial charge in [-0.3, -0.25) is 0 Å². The maximum absolute atomic E-state index is 3.61. The van der Waals surface area contributed by atoms with Gasteiger partial charge in [-0.15, -0.1) is 20.4 Å². The molecular weight excluding hydrogens is 172 g/mol. The lowest BCUT2D eigenvalue weighted by Gasteiger charge is -1.83. The van der Waals surface area contributed by atoms with Crippen molar-refractivity contribution in [2.45, 2.75) is 6.92 Å². The molecule has 4 nitrogen and oxygen atoms in total. The van der Waals surface area contributed by atoms with Gasteiger partial charge in [-0.25, -0.2) is 0 Å². The van der Waals surface area contributed by atoms with Crippen LogP contribution in [0, 0.1) is 6.92 Å². The number of hydrogen-bond acceptors (Lipinski definition) is 4. The summed E-state index contributed by atoms with van der Waals surface area (Å²) in [7, 11) is 0. The van der Waals surface area contributed by atoms with Crippen molar-refractivity contribution in [2.24, 2.45) is 0 Å². The van der Waals surface area contributed by atoms with Gasteiger partial charge in [0.1, 0.15) is 0 Å². The van der Waals surface area contributed by atoms with Gasteiger partial charge in [-0.2, -0.15) is 0 Å². The molecule has 1 aromatic rings. The van der Waals surface area contributed by atoms with E-state index in [2.05, 4.69) is 36.3 Å². The third-order valence-corrected chi connectivity index (χ3v) is 0.872. The number of rotatable bonds is 0. The predicted octanol–water partition coefficient (Wildman–Crippen LogP) is 0.338. The van der Waals surface area contributed by atoms with Crippen LogP contribution < -0.4 is 0 Å². The van der Waals surface area contributed by atoms with E-state index >= 15 is 0 Å². The zero-order chi connectivity index (χ0) is 5.98. The average molecular weight is 175 g/mol. The van der Waals surface area contributed by atoms with Crippen molar-refractivity contribution in [1.82, 2.24) is 20.4 Å². The first kappa shape index (κ1) is 5.55. The van der Waals surface area contributed by atoms with Gasteiger partial charge in [0.2, 0.25) is 4.73 Å². The molecule has 1 aromatic heterocycles. The smallest absolute Gasteiger partial charge is 0.131 e. The molecule has 8 heavy (non-hydrogen) atoms. The Bertz CT molecular complexity index is 150. The fraction of sp³-hybridized carbons (Fsp3) is 0.333. The second-order valence-electron chi connectivity index (χ2n) is 1.22. The molecular formula is C3H3BrN4. The fourth-order valence-corrected chi connectivity index (χ4v) is 0.426. The third kappa shape index (κ3) is 1.19. The number of hydrogen-bond donors (Lipinski definition) is 0. The zero-order valence-electron chi connectivity index (χ0n) is 4.17. The molecule has 0 spiro atoms. The highest BCUT2D eigenvalue weighted by atomic mass is 79.9. The van der Waals surface area contributed by atoms with Crippen LogP contribution in [-0.4, -0.2) is 20.4 Å². The Balaban J connectivity index is 3.03. The summed E-state index contributed by atoms with van der Waals surface area (Å²) >= 11 is 3.00. The van der Waals surface area contributed by atoms with E-state index in [0.717, 1.165) is 0 Å². The van der Waals surface area contributed by atoms with Gasteiger partial charge in [-0.05, 0) is 22.9 Å². The third-order valence-electron chi connectivity index (χ3n) is 0.554. The van der Waals surface area contributed by atoms with Crippen molar-refractivity contribution in [3.05, 3.63) is 10.6 Å². The van der Waals surface area contributed by atoms with Gasteiger partial charge in [0.15, 0.2) is 5.82 Å². The molecule has 1 heterocycles. The molecule has 0 aliphatic heterocycles. The van der Waals surface area contributed by atoms with Crippen molar-refractivity contribution >= 4 is 15.9 Å². The lowest BCUT2D eigenvalue weighted by molar-refractivity contribution is 0.781. The largest absolute Gasteiger partial charge is 0.238 e. The molecule has 0 aliphatic rings. The maximum Gasteiger partial charge on any atom is 0.238 e. The van der Waals surface area contributed by atoms with E-state index in [0.29, 0.717) is 10.6 Å². The highest BCUT2D eigenvalue weighted by Crippen LogP contribution is 1.93. The van der Waals surface area contributed by atoms with Crippen LogP contribution in [0.2, 0.25) is 0 Å². The summed E-state index contributed by atoms with van der Waals surface area (Å²) in [6.45, 7) is 1.73. The van der Waals surface area contributed by atoms with Crippen LogP contribution in [0.1, 0.15) is 5.82 Å². The highest BCUT2D eigenvalue weighted by molar-refractivity contribution is 9.10. The number of nitrogens with zero attached hydrogens (tertiary/aromatic N) is 4. The molecule has 1 rings (SSSR count). The number of halogens is 1. The maximum atomic E-state index is 3.61. The molecule has 0 aromatic carbocycles. The van der Waals surface area contributed by atoms with Crippen LogP contribution in [0.25, 0.3) is 0 Å². The van der Waals surface area contributed by atoms with E-state index in [4.69, 9.17) is 0 Å². The molecule has 0 saturated heterocycles. The van der Waals surface area contributed by atoms with E-state index < -0.39 is 0 Å². The van der Waals surface area contributed by atoms with E-state index in [-0.39, 0.29) is 0 Å². The summed E-state index contributed by atoms with van der Waals surface area (Å²) in [5.41, 5.74) is 0. The van der Waals surface area contributed by atoms with Crippen LogP contribution >= 0.6 is 15.9 Å². The van der Waals surface area contributed by atoms with Gasteiger partial charge in [-0.1, -0.05) is 0 Å². The molecule has 5 heteroatoms. The van der Waals surface area contributed by atoms with Crippen LogP contribution in [0.15, 0.2) is 4.73 Å². The second-order valence-corrected chi connectivity index (χ2v) is 1.93. The molecule has 0 fully saturated rings. The quantitative estimate of drug-likeness (QED) is 0.570. The SMILES string of the molecule is Cc1nnc(Br)nn1. The molecule has 0 radical (unpaired) electrons. The summed E-state index contributed by atoms with van der Waals surface area (Å²) in [5.74, 6) is 0.577. The predicted molar refractivity (Wildman–Crippen MR) is 30.1 cm³/mol. The molecule has 42 valence electrons. The van der Waals surface area contributed by atoms with E-state index in [1.165, 1.54) is 0 Å². The van der Waals surface area contributed by atoms with Crippen LogP contribution in [-0.2, 0) is 0 Å². The lowest BCUT2D eigenvalue weighted by atomic mass is 10.8. The summed E-state index contributed by atoms with van der Waals surface area (Å²) < 4.78 is 0.420. The molecule has 0 atom stereocenters. The Kier molecular flexibility index (Phi) is 1.48. The monoisotopic (exact) mass is 174 g/mol.